The van der Waals surface area contributed by atoms with Crippen LogP contribution in [0.15, 0.2) is 65.5 Å². The number of amides is 1. The average Bonchev–Trinajstić information content (AvgIpc) is 2.90. The number of benzene rings is 3. The highest BCUT2D eigenvalue weighted by atomic mass is 35.5. The van der Waals surface area contributed by atoms with Crippen LogP contribution in [-0.4, -0.2) is 37.3 Å². The highest BCUT2D eigenvalue weighted by molar-refractivity contribution is 5.99. The molecule has 3 aromatic carbocycles. The second-order valence-corrected chi connectivity index (χ2v) is 8.77. The third kappa shape index (κ3) is 6.76. The van der Waals surface area contributed by atoms with E-state index in [0.29, 0.717) is 47.5 Å². The van der Waals surface area contributed by atoms with E-state index in [0.717, 1.165) is 29.4 Å². The molecule has 0 spiro atoms. The first-order valence-corrected chi connectivity index (χ1v) is 12.0. The molecule has 0 radical (unpaired) electrons. The van der Waals surface area contributed by atoms with Crippen molar-refractivity contribution in [3.63, 3.8) is 0 Å². The number of ether oxygens (including phenoxy) is 2. The molecule has 0 fully saturated rings. The molecule has 0 saturated heterocycles. The molecule has 10 heteroatoms. The van der Waals surface area contributed by atoms with Crippen molar-refractivity contribution >= 4 is 58.2 Å². The normalized spacial score (nSPS) is 11.4. The number of halogens is 2. The molecule has 1 heterocycles. The minimum absolute atomic E-state index is 0. The first-order chi connectivity index (χ1) is 17.4. The van der Waals surface area contributed by atoms with E-state index < -0.39 is 6.04 Å². The van der Waals surface area contributed by atoms with Crippen LogP contribution in [0.25, 0.3) is 21.8 Å². The Balaban J connectivity index is 0.00000253. The molecule has 5 N–H and O–H groups in total. The summed E-state index contributed by atoms with van der Waals surface area (Å²) in [4.78, 5) is 26.0. The van der Waals surface area contributed by atoms with Crippen LogP contribution in [0, 0.1) is 0 Å². The van der Waals surface area contributed by atoms with Gasteiger partial charge < -0.3 is 30.8 Å². The Bertz CT molecular complexity index is 1440. The number of nitrogens with zero attached hydrogens (tertiary/aromatic N) is 1. The maximum absolute atomic E-state index is 13.4. The summed E-state index contributed by atoms with van der Waals surface area (Å²) in [5, 5.41) is 3.97. The van der Waals surface area contributed by atoms with Gasteiger partial charge in [0, 0.05) is 29.1 Å². The summed E-state index contributed by atoms with van der Waals surface area (Å²) in [6, 6.07) is 18.0. The number of methoxy groups -OCH3 is 2. The summed E-state index contributed by atoms with van der Waals surface area (Å²) in [5.74, 6) is 1.09. The molecule has 204 valence electrons. The number of carbonyl (C=O) groups excluding carboxylic acids is 1. The molecule has 0 aliphatic carbocycles. The maximum Gasteiger partial charge on any atom is 0.241 e. The standard InChI is InChI=1S/C28H32N4O4.2ClH/c1-35-20-13-18(14-21(16-20)36-2)17-32-25-9-4-3-7-22(25)27(33)23-15-19(10-11-26(23)32)31-28(34)24(30)8-5-6-12-29;;/h3-4,7,9-11,13-16,24H,5-6,8,12,17,29-30H2,1-2H3,(H,31,34);2*1H. The molecule has 0 bridgehead atoms. The van der Waals surface area contributed by atoms with Gasteiger partial charge in [0.25, 0.3) is 0 Å². The third-order valence-electron chi connectivity index (χ3n) is 6.30. The Labute approximate surface area is 234 Å². The number of unbranched alkanes of at least 4 members (excludes halogenated alkanes) is 1. The molecule has 4 rings (SSSR count). The number of nitrogens with one attached hydrogen (secondary N) is 1. The number of rotatable bonds is 10. The van der Waals surface area contributed by atoms with Crippen LogP contribution in [0.5, 0.6) is 11.5 Å². The van der Waals surface area contributed by atoms with E-state index in [1.54, 1.807) is 26.4 Å². The molecular formula is C28H34Cl2N4O4. The average molecular weight is 562 g/mol. The van der Waals surface area contributed by atoms with Crippen LogP contribution in [0.2, 0.25) is 0 Å². The minimum Gasteiger partial charge on any atom is -0.497 e. The highest BCUT2D eigenvalue weighted by Gasteiger charge is 2.16. The molecule has 1 aromatic heterocycles. The van der Waals surface area contributed by atoms with Crippen molar-refractivity contribution < 1.29 is 14.3 Å². The van der Waals surface area contributed by atoms with E-state index in [2.05, 4.69) is 9.88 Å². The fourth-order valence-corrected chi connectivity index (χ4v) is 4.39. The number of anilines is 1. The van der Waals surface area contributed by atoms with Gasteiger partial charge in [-0.3, -0.25) is 9.59 Å². The predicted molar refractivity (Wildman–Crippen MR) is 158 cm³/mol. The van der Waals surface area contributed by atoms with Crippen molar-refractivity contribution in [2.75, 3.05) is 26.1 Å². The summed E-state index contributed by atoms with van der Waals surface area (Å²) >= 11 is 0. The second-order valence-electron chi connectivity index (χ2n) is 8.77. The van der Waals surface area contributed by atoms with Crippen molar-refractivity contribution in [2.45, 2.75) is 31.8 Å². The molecule has 4 aromatic rings. The summed E-state index contributed by atoms with van der Waals surface area (Å²) in [7, 11) is 3.23. The van der Waals surface area contributed by atoms with Gasteiger partial charge in [-0.25, -0.2) is 0 Å². The number of pyridine rings is 1. The van der Waals surface area contributed by atoms with Gasteiger partial charge in [0.2, 0.25) is 5.91 Å². The van der Waals surface area contributed by atoms with Gasteiger partial charge in [-0.1, -0.05) is 18.6 Å². The minimum atomic E-state index is -0.636. The van der Waals surface area contributed by atoms with Gasteiger partial charge >= 0.3 is 0 Å². The van der Waals surface area contributed by atoms with E-state index in [9.17, 15) is 9.59 Å². The molecular weight excluding hydrogens is 527 g/mol. The van der Waals surface area contributed by atoms with Gasteiger partial charge in [0.15, 0.2) is 5.43 Å². The Kier molecular flexibility index (Phi) is 11.4. The van der Waals surface area contributed by atoms with Crippen LogP contribution < -0.4 is 31.7 Å². The number of aromatic nitrogens is 1. The Morgan fingerprint density at radius 3 is 2.24 bits per heavy atom. The SMILES string of the molecule is COc1cc(Cn2c3ccccc3c(=O)c3cc(NC(=O)C(N)CCCCN)ccc32)cc(OC)c1.Cl.Cl. The van der Waals surface area contributed by atoms with Gasteiger partial charge in [0.05, 0.1) is 31.3 Å². The fraction of sp³-hybridized carbons (Fsp3) is 0.286. The highest BCUT2D eigenvalue weighted by Crippen LogP contribution is 2.27. The van der Waals surface area contributed by atoms with E-state index in [1.807, 2.05) is 48.5 Å². The van der Waals surface area contributed by atoms with Crippen LogP contribution in [0.3, 0.4) is 0 Å². The molecule has 8 nitrogen and oxygen atoms in total. The van der Waals surface area contributed by atoms with E-state index in [-0.39, 0.29) is 36.2 Å². The van der Waals surface area contributed by atoms with E-state index >= 15 is 0 Å². The molecule has 1 amide bonds. The Morgan fingerprint density at radius 1 is 0.921 bits per heavy atom. The second kappa shape index (κ2) is 14.0. The van der Waals surface area contributed by atoms with Crippen molar-refractivity contribution in [1.82, 2.24) is 4.57 Å². The van der Waals surface area contributed by atoms with Gasteiger partial charge in [-0.2, -0.15) is 0 Å². The Hall–Kier alpha value is -3.30. The zero-order valence-corrected chi connectivity index (χ0v) is 23.1. The number of hydrogen-bond acceptors (Lipinski definition) is 6. The maximum atomic E-state index is 13.4. The quantitative estimate of drug-likeness (QED) is 0.194. The lowest BCUT2D eigenvalue weighted by Crippen LogP contribution is -2.35. The zero-order chi connectivity index (χ0) is 25.7. The predicted octanol–water partition coefficient (Wildman–Crippen LogP) is 4.46. The molecule has 1 atom stereocenters. The van der Waals surface area contributed by atoms with Crippen molar-refractivity contribution in [2.24, 2.45) is 11.5 Å². The van der Waals surface area contributed by atoms with Gasteiger partial charge in [-0.05, 0) is 67.4 Å². The first kappa shape index (κ1) is 30.9. The lowest BCUT2D eigenvalue weighted by atomic mass is 10.1. The lowest BCUT2D eigenvalue weighted by molar-refractivity contribution is -0.117. The molecule has 0 aliphatic rings. The zero-order valence-electron chi connectivity index (χ0n) is 21.4. The topological polar surface area (TPSA) is 122 Å². The van der Waals surface area contributed by atoms with Crippen LogP contribution in [-0.2, 0) is 11.3 Å². The number of para-hydroxylation sites is 1. The number of nitrogens with two attached hydrogens (primary N) is 2. The molecule has 1 unspecified atom stereocenters. The summed E-state index contributed by atoms with van der Waals surface area (Å²) < 4.78 is 13.0. The monoisotopic (exact) mass is 560 g/mol. The van der Waals surface area contributed by atoms with Crippen molar-refractivity contribution in [3.8, 4) is 11.5 Å². The number of fused-ring (bicyclic) bond motifs is 2. The first-order valence-electron chi connectivity index (χ1n) is 12.0. The molecule has 0 aliphatic heterocycles. The van der Waals surface area contributed by atoms with Crippen molar-refractivity contribution in [3.05, 3.63) is 76.5 Å². The Morgan fingerprint density at radius 2 is 1.58 bits per heavy atom. The number of carbonyl (C=O) groups is 1. The largest absolute Gasteiger partial charge is 0.497 e. The molecule has 38 heavy (non-hydrogen) atoms. The van der Waals surface area contributed by atoms with Crippen LogP contribution in [0.1, 0.15) is 24.8 Å². The summed E-state index contributed by atoms with van der Waals surface area (Å²) in [5.41, 5.74) is 14.5. The van der Waals surface area contributed by atoms with Crippen LogP contribution in [0.4, 0.5) is 5.69 Å². The van der Waals surface area contributed by atoms with E-state index in [4.69, 9.17) is 20.9 Å². The molecule has 0 saturated carbocycles. The van der Waals surface area contributed by atoms with Crippen LogP contribution >= 0.6 is 24.8 Å². The number of hydrogen-bond donors (Lipinski definition) is 3. The smallest absolute Gasteiger partial charge is 0.241 e. The van der Waals surface area contributed by atoms with E-state index in [1.165, 1.54) is 0 Å². The van der Waals surface area contributed by atoms with Gasteiger partial charge in [0.1, 0.15) is 11.5 Å². The van der Waals surface area contributed by atoms with Crippen molar-refractivity contribution in [1.29, 1.82) is 0 Å². The fourth-order valence-electron chi connectivity index (χ4n) is 4.39. The third-order valence-corrected chi connectivity index (χ3v) is 6.30. The summed E-state index contributed by atoms with van der Waals surface area (Å²) in [6.07, 6.45) is 2.16. The summed E-state index contributed by atoms with van der Waals surface area (Å²) in [6.45, 7) is 1.06. The lowest BCUT2D eigenvalue weighted by Gasteiger charge is -2.18. The van der Waals surface area contributed by atoms with Gasteiger partial charge in [-0.15, -0.1) is 24.8 Å².